The fraction of sp³-hybridized carbons (Fsp3) is 0.562. The molecule has 9 heteroatoms. The summed E-state index contributed by atoms with van der Waals surface area (Å²) >= 11 is 0. The molecule has 0 bridgehead atoms. The molecule has 134 valence electrons. The predicted octanol–water partition coefficient (Wildman–Crippen LogP) is 2.74. The van der Waals surface area contributed by atoms with Gasteiger partial charge in [0.25, 0.3) is 5.69 Å². The first-order valence-electron chi connectivity index (χ1n) is 8.38. The van der Waals surface area contributed by atoms with Gasteiger partial charge in [0, 0.05) is 31.1 Å². The van der Waals surface area contributed by atoms with Gasteiger partial charge in [-0.2, -0.15) is 4.98 Å². The second kappa shape index (κ2) is 7.14. The van der Waals surface area contributed by atoms with E-state index in [0.29, 0.717) is 11.7 Å². The van der Waals surface area contributed by atoms with Crippen LogP contribution >= 0.6 is 0 Å². The fourth-order valence-corrected chi connectivity index (χ4v) is 2.85. The lowest BCUT2D eigenvalue weighted by Gasteiger charge is -2.21. The van der Waals surface area contributed by atoms with Gasteiger partial charge in [-0.15, -0.1) is 0 Å². The Balaban J connectivity index is 1.58. The van der Waals surface area contributed by atoms with Gasteiger partial charge in [0.2, 0.25) is 5.89 Å². The lowest BCUT2D eigenvalue weighted by Crippen LogP contribution is -2.29. The second-order valence-corrected chi connectivity index (χ2v) is 6.61. The van der Waals surface area contributed by atoms with Crippen molar-refractivity contribution >= 4 is 11.5 Å². The molecule has 0 aromatic carbocycles. The number of hydrogen-bond acceptors (Lipinski definition) is 8. The Morgan fingerprint density at radius 1 is 1.40 bits per heavy atom. The molecule has 25 heavy (non-hydrogen) atoms. The van der Waals surface area contributed by atoms with Gasteiger partial charge >= 0.3 is 0 Å². The van der Waals surface area contributed by atoms with Crippen molar-refractivity contribution in [3.8, 4) is 0 Å². The third-order valence-corrected chi connectivity index (χ3v) is 4.41. The van der Waals surface area contributed by atoms with Crippen LogP contribution in [0.5, 0.6) is 0 Å². The molecule has 1 aliphatic rings. The first-order valence-corrected chi connectivity index (χ1v) is 8.38. The number of likely N-dealkylation sites (tertiary alicyclic amines) is 1. The molecule has 1 aliphatic heterocycles. The smallest absolute Gasteiger partial charge is 0.287 e. The summed E-state index contributed by atoms with van der Waals surface area (Å²) in [6.45, 7) is 7.85. The molecule has 2 aromatic rings. The standard InChI is InChI=1S/C16H22N6O3/c1-10(2)15-19-16(25-20-15)11(3)21-7-6-12(9-21)18-14-5-4-13(8-17-14)22(23)24/h4-5,8,10-12H,6-7,9H2,1-3H3,(H,17,18)/t11-,12+/m0/s1. The van der Waals surface area contributed by atoms with Gasteiger partial charge in [-0.25, -0.2) is 4.98 Å². The van der Waals surface area contributed by atoms with Crippen LogP contribution in [-0.4, -0.2) is 44.1 Å². The third kappa shape index (κ3) is 3.93. The number of aromatic nitrogens is 3. The summed E-state index contributed by atoms with van der Waals surface area (Å²) in [5.41, 5.74) is -0.00966. The molecule has 0 amide bonds. The van der Waals surface area contributed by atoms with Crippen molar-refractivity contribution in [1.82, 2.24) is 20.0 Å². The summed E-state index contributed by atoms with van der Waals surface area (Å²) in [7, 11) is 0. The minimum Gasteiger partial charge on any atom is -0.366 e. The quantitative estimate of drug-likeness (QED) is 0.628. The zero-order valence-electron chi connectivity index (χ0n) is 14.5. The second-order valence-electron chi connectivity index (χ2n) is 6.61. The van der Waals surface area contributed by atoms with Crippen molar-refractivity contribution in [2.45, 2.75) is 45.2 Å². The van der Waals surface area contributed by atoms with Crippen molar-refractivity contribution < 1.29 is 9.45 Å². The molecule has 0 saturated carbocycles. The first kappa shape index (κ1) is 17.3. The molecule has 2 aromatic heterocycles. The van der Waals surface area contributed by atoms with Gasteiger partial charge in [0.05, 0.1) is 11.0 Å². The van der Waals surface area contributed by atoms with Gasteiger partial charge in [-0.3, -0.25) is 15.0 Å². The fourth-order valence-electron chi connectivity index (χ4n) is 2.85. The molecule has 3 heterocycles. The Morgan fingerprint density at radius 3 is 2.80 bits per heavy atom. The van der Waals surface area contributed by atoms with Crippen LogP contribution in [0.3, 0.4) is 0 Å². The number of pyridine rings is 1. The van der Waals surface area contributed by atoms with Gasteiger partial charge in [-0.05, 0) is 19.4 Å². The Kier molecular flexibility index (Phi) is 4.93. The highest BCUT2D eigenvalue weighted by Crippen LogP contribution is 2.26. The van der Waals surface area contributed by atoms with Gasteiger partial charge in [-0.1, -0.05) is 19.0 Å². The molecule has 9 nitrogen and oxygen atoms in total. The monoisotopic (exact) mass is 346 g/mol. The minimum atomic E-state index is -0.453. The maximum absolute atomic E-state index is 10.7. The number of rotatable bonds is 6. The summed E-state index contributed by atoms with van der Waals surface area (Å²) in [6, 6.07) is 3.37. The molecule has 1 fully saturated rings. The topological polar surface area (TPSA) is 110 Å². The molecule has 1 saturated heterocycles. The van der Waals surface area contributed by atoms with Crippen LogP contribution in [-0.2, 0) is 0 Å². The Labute approximate surface area is 145 Å². The Hall–Kier alpha value is -2.55. The summed E-state index contributed by atoms with van der Waals surface area (Å²) < 4.78 is 5.39. The zero-order valence-corrected chi connectivity index (χ0v) is 14.5. The number of nitro groups is 1. The Bertz CT molecular complexity index is 730. The molecule has 0 radical (unpaired) electrons. The highest BCUT2D eigenvalue weighted by Gasteiger charge is 2.30. The average molecular weight is 346 g/mol. The SMILES string of the molecule is CC(C)c1noc([C@H](C)N2CC[C@@H](Nc3ccc([N+](=O)[O-])cn3)C2)n1. The normalized spacial score (nSPS) is 19.3. The summed E-state index contributed by atoms with van der Waals surface area (Å²) in [5.74, 6) is 2.25. The van der Waals surface area contributed by atoms with Crippen LogP contribution in [0.25, 0.3) is 0 Å². The van der Waals surface area contributed by atoms with Gasteiger partial charge < -0.3 is 9.84 Å². The summed E-state index contributed by atoms with van der Waals surface area (Å²) in [6.07, 6.45) is 2.22. The molecule has 3 rings (SSSR count). The van der Waals surface area contributed by atoms with E-state index in [9.17, 15) is 10.1 Å². The molecule has 0 unspecified atom stereocenters. The van der Waals surface area contributed by atoms with Gasteiger partial charge in [0.15, 0.2) is 5.82 Å². The summed E-state index contributed by atoms with van der Waals surface area (Å²) in [5, 5.41) is 18.0. The minimum absolute atomic E-state index is 0.00966. The summed E-state index contributed by atoms with van der Waals surface area (Å²) in [4.78, 5) is 21.1. The lowest BCUT2D eigenvalue weighted by atomic mass is 10.2. The first-order chi connectivity index (χ1) is 11.9. The number of nitrogens with one attached hydrogen (secondary N) is 1. The van der Waals surface area contributed by atoms with Crippen molar-refractivity contribution in [3.63, 3.8) is 0 Å². The van der Waals surface area contributed by atoms with E-state index in [1.54, 1.807) is 6.07 Å². The van der Waals surface area contributed by atoms with E-state index < -0.39 is 4.92 Å². The number of nitrogens with zero attached hydrogens (tertiary/aromatic N) is 5. The van der Waals surface area contributed by atoms with E-state index in [0.717, 1.165) is 25.3 Å². The van der Waals surface area contributed by atoms with Gasteiger partial charge in [0.1, 0.15) is 12.0 Å². The molecule has 0 spiro atoms. The van der Waals surface area contributed by atoms with Crippen molar-refractivity contribution in [2.75, 3.05) is 18.4 Å². The van der Waals surface area contributed by atoms with E-state index in [2.05, 4.69) is 32.3 Å². The van der Waals surface area contributed by atoms with E-state index in [1.165, 1.54) is 12.3 Å². The van der Waals surface area contributed by atoms with Crippen LogP contribution in [0.2, 0.25) is 0 Å². The zero-order chi connectivity index (χ0) is 18.0. The van der Waals surface area contributed by atoms with Crippen molar-refractivity contribution in [1.29, 1.82) is 0 Å². The van der Waals surface area contributed by atoms with E-state index >= 15 is 0 Å². The van der Waals surface area contributed by atoms with E-state index in [1.807, 2.05) is 13.8 Å². The van der Waals surface area contributed by atoms with Crippen LogP contribution in [0.1, 0.15) is 50.9 Å². The van der Waals surface area contributed by atoms with Crippen molar-refractivity contribution in [2.24, 2.45) is 0 Å². The predicted molar refractivity (Wildman–Crippen MR) is 91.3 cm³/mol. The molecular weight excluding hydrogens is 324 g/mol. The van der Waals surface area contributed by atoms with Crippen LogP contribution < -0.4 is 5.32 Å². The molecular formula is C16H22N6O3. The lowest BCUT2D eigenvalue weighted by molar-refractivity contribution is -0.385. The van der Waals surface area contributed by atoms with E-state index in [-0.39, 0.29) is 23.7 Å². The maximum Gasteiger partial charge on any atom is 0.287 e. The van der Waals surface area contributed by atoms with Crippen molar-refractivity contribution in [3.05, 3.63) is 40.2 Å². The molecule has 2 atom stereocenters. The Morgan fingerprint density at radius 2 is 2.20 bits per heavy atom. The average Bonchev–Trinajstić information content (AvgIpc) is 3.24. The van der Waals surface area contributed by atoms with E-state index in [4.69, 9.17) is 4.52 Å². The van der Waals surface area contributed by atoms with Crippen LogP contribution in [0.4, 0.5) is 11.5 Å². The van der Waals surface area contributed by atoms with Crippen LogP contribution in [0, 0.1) is 10.1 Å². The number of hydrogen-bond donors (Lipinski definition) is 1. The highest BCUT2D eigenvalue weighted by molar-refractivity contribution is 5.41. The van der Waals surface area contributed by atoms with Crippen LogP contribution in [0.15, 0.2) is 22.9 Å². The number of anilines is 1. The largest absolute Gasteiger partial charge is 0.366 e. The molecule has 0 aliphatic carbocycles. The maximum atomic E-state index is 10.7. The third-order valence-electron chi connectivity index (χ3n) is 4.41. The molecule has 1 N–H and O–H groups in total. The highest BCUT2D eigenvalue weighted by atomic mass is 16.6.